The molecule has 2 N–H and O–H groups in total. The summed E-state index contributed by atoms with van der Waals surface area (Å²) in [6, 6.07) is 14.8. The number of benzene rings is 2. The van der Waals surface area contributed by atoms with Crippen LogP contribution in [0.4, 0.5) is 0 Å². The fourth-order valence-corrected chi connectivity index (χ4v) is 2.51. The molecule has 0 bridgehead atoms. The summed E-state index contributed by atoms with van der Waals surface area (Å²) in [5.41, 5.74) is 2.74. The molecule has 0 fully saturated rings. The Morgan fingerprint density at radius 1 is 1.08 bits per heavy atom. The number of amides is 1. The first-order valence-corrected chi connectivity index (χ1v) is 8.34. The minimum Gasteiger partial charge on any atom is -0.480 e. The van der Waals surface area contributed by atoms with Crippen LogP contribution >= 0.6 is 0 Å². The molecule has 5 heteroatoms. The highest BCUT2D eigenvalue weighted by atomic mass is 16.4. The summed E-state index contributed by atoms with van der Waals surface area (Å²) in [6.45, 7) is 6.25. The summed E-state index contributed by atoms with van der Waals surface area (Å²) in [6.07, 6.45) is 0.146. The first-order chi connectivity index (χ1) is 12.2. The van der Waals surface area contributed by atoms with E-state index in [1.807, 2.05) is 18.2 Å². The second-order valence-corrected chi connectivity index (χ2v) is 7.20. The molecule has 0 aliphatic rings. The first kappa shape index (κ1) is 19.2. The number of carboxylic acids is 1. The van der Waals surface area contributed by atoms with Crippen molar-refractivity contribution in [3.63, 3.8) is 0 Å². The van der Waals surface area contributed by atoms with Gasteiger partial charge in [-0.15, -0.1) is 0 Å². The minimum absolute atomic E-state index is 0.0196. The lowest BCUT2D eigenvalue weighted by Gasteiger charge is -2.19. The zero-order valence-corrected chi connectivity index (χ0v) is 15.1. The number of hydrogen-bond donors (Lipinski definition) is 2. The molecular weight excluding hydrogens is 328 g/mol. The van der Waals surface area contributed by atoms with Crippen molar-refractivity contribution in [3.8, 4) is 6.07 Å². The molecule has 5 nitrogen and oxygen atoms in total. The van der Waals surface area contributed by atoms with Crippen LogP contribution in [0, 0.1) is 11.3 Å². The average Bonchev–Trinajstić information content (AvgIpc) is 2.61. The Bertz CT molecular complexity index is 826. The van der Waals surface area contributed by atoms with Crippen LogP contribution in [0.5, 0.6) is 0 Å². The van der Waals surface area contributed by atoms with Gasteiger partial charge >= 0.3 is 5.97 Å². The Balaban J connectivity index is 2.10. The largest absolute Gasteiger partial charge is 0.480 e. The number of rotatable bonds is 5. The van der Waals surface area contributed by atoms with Gasteiger partial charge in [-0.25, -0.2) is 4.79 Å². The fourth-order valence-electron chi connectivity index (χ4n) is 2.51. The Hall–Kier alpha value is -3.13. The quantitative estimate of drug-likeness (QED) is 0.866. The SMILES string of the molecule is CC(C)(C)c1ccc(C(=O)N[C@H](Cc2ccc(C#N)cc2)C(=O)O)cc1. The maximum absolute atomic E-state index is 12.4. The van der Waals surface area contributed by atoms with Gasteiger partial charge in [0.25, 0.3) is 5.91 Å². The molecule has 0 aliphatic carbocycles. The second kappa shape index (κ2) is 7.83. The number of carboxylic acid groups (broad SMARTS) is 1. The van der Waals surface area contributed by atoms with Gasteiger partial charge < -0.3 is 10.4 Å². The predicted octanol–water partition coefficient (Wildman–Crippen LogP) is 3.28. The van der Waals surface area contributed by atoms with Crippen molar-refractivity contribution in [2.24, 2.45) is 0 Å². The predicted molar refractivity (Wildman–Crippen MR) is 98.9 cm³/mol. The number of nitrogens with one attached hydrogen (secondary N) is 1. The van der Waals surface area contributed by atoms with Crippen molar-refractivity contribution in [1.29, 1.82) is 5.26 Å². The van der Waals surface area contributed by atoms with Crippen LogP contribution in [0.2, 0.25) is 0 Å². The lowest BCUT2D eigenvalue weighted by molar-refractivity contribution is -0.139. The molecule has 0 heterocycles. The van der Waals surface area contributed by atoms with Gasteiger partial charge in [0, 0.05) is 12.0 Å². The van der Waals surface area contributed by atoms with Crippen LogP contribution in [0.15, 0.2) is 48.5 Å². The van der Waals surface area contributed by atoms with Crippen LogP contribution in [0.25, 0.3) is 0 Å². The molecule has 0 spiro atoms. The van der Waals surface area contributed by atoms with Crippen molar-refractivity contribution < 1.29 is 14.7 Å². The van der Waals surface area contributed by atoms with E-state index in [1.165, 1.54) is 0 Å². The lowest BCUT2D eigenvalue weighted by Crippen LogP contribution is -2.42. The van der Waals surface area contributed by atoms with E-state index in [9.17, 15) is 14.7 Å². The van der Waals surface area contributed by atoms with Gasteiger partial charge in [0.1, 0.15) is 6.04 Å². The number of carbonyl (C=O) groups is 2. The highest BCUT2D eigenvalue weighted by Crippen LogP contribution is 2.22. The monoisotopic (exact) mass is 350 g/mol. The summed E-state index contributed by atoms with van der Waals surface area (Å²) in [7, 11) is 0. The summed E-state index contributed by atoms with van der Waals surface area (Å²) in [5.74, 6) is -1.53. The second-order valence-electron chi connectivity index (χ2n) is 7.20. The summed E-state index contributed by atoms with van der Waals surface area (Å²) in [4.78, 5) is 23.9. The van der Waals surface area contributed by atoms with E-state index in [4.69, 9.17) is 5.26 Å². The van der Waals surface area contributed by atoms with E-state index in [2.05, 4.69) is 26.1 Å². The smallest absolute Gasteiger partial charge is 0.326 e. The highest BCUT2D eigenvalue weighted by molar-refractivity contribution is 5.96. The average molecular weight is 350 g/mol. The molecule has 0 radical (unpaired) electrons. The number of nitrogens with zero attached hydrogens (tertiary/aromatic N) is 1. The minimum atomic E-state index is -1.10. The molecule has 0 saturated heterocycles. The molecule has 0 aliphatic heterocycles. The fraction of sp³-hybridized carbons (Fsp3) is 0.286. The number of carbonyl (C=O) groups excluding carboxylic acids is 1. The number of nitriles is 1. The lowest BCUT2D eigenvalue weighted by atomic mass is 9.86. The first-order valence-electron chi connectivity index (χ1n) is 8.34. The van der Waals surface area contributed by atoms with E-state index < -0.39 is 17.9 Å². The maximum atomic E-state index is 12.4. The molecule has 1 atom stereocenters. The van der Waals surface area contributed by atoms with E-state index in [0.29, 0.717) is 11.1 Å². The molecule has 0 aromatic heterocycles. The molecule has 0 saturated carbocycles. The standard InChI is InChI=1S/C21H22N2O3/c1-21(2,3)17-10-8-16(9-11-17)19(24)23-18(20(25)26)12-14-4-6-15(13-22)7-5-14/h4-11,18H,12H2,1-3H3,(H,23,24)(H,25,26)/t18-/m1/s1. The Morgan fingerprint density at radius 3 is 2.12 bits per heavy atom. The molecular formula is C21H22N2O3. The summed E-state index contributed by atoms with van der Waals surface area (Å²) in [5, 5.41) is 20.8. The Morgan fingerprint density at radius 2 is 1.65 bits per heavy atom. The normalized spacial score (nSPS) is 12.1. The van der Waals surface area contributed by atoms with Crippen molar-refractivity contribution in [2.45, 2.75) is 38.6 Å². The van der Waals surface area contributed by atoms with E-state index in [1.54, 1.807) is 36.4 Å². The number of hydrogen-bond acceptors (Lipinski definition) is 3. The van der Waals surface area contributed by atoms with Gasteiger partial charge in [0.05, 0.1) is 11.6 Å². The van der Waals surface area contributed by atoms with Gasteiger partial charge in [-0.3, -0.25) is 4.79 Å². The van der Waals surface area contributed by atoms with Crippen molar-refractivity contribution in [2.75, 3.05) is 0 Å². The van der Waals surface area contributed by atoms with E-state index in [-0.39, 0.29) is 11.8 Å². The third kappa shape index (κ3) is 4.93. The van der Waals surface area contributed by atoms with Crippen LogP contribution in [-0.4, -0.2) is 23.0 Å². The van der Waals surface area contributed by atoms with Crippen LogP contribution in [-0.2, 0) is 16.6 Å². The van der Waals surface area contributed by atoms with Crippen molar-refractivity contribution in [1.82, 2.24) is 5.32 Å². The zero-order chi connectivity index (χ0) is 19.3. The molecule has 134 valence electrons. The molecule has 2 rings (SSSR count). The van der Waals surface area contributed by atoms with Gasteiger partial charge in [-0.1, -0.05) is 45.0 Å². The molecule has 2 aromatic rings. The van der Waals surface area contributed by atoms with Crippen molar-refractivity contribution in [3.05, 3.63) is 70.8 Å². The third-order valence-electron chi connectivity index (χ3n) is 4.14. The zero-order valence-electron chi connectivity index (χ0n) is 15.1. The van der Waals surface area contributed by atoms with Gasteiger partial charge in [-0.05, 0) is 40.8 Å². The summed E-state index contributed by atoms with van der Waals surface area (Å²) >= 11 is 0. The van der Waals surface area contributed by atoms with Crippen molar-refractivity contribution >= 4 is 11.9 Å². The van der Waals surface area contributed by atoms with Crippen LogP contribution in [0.1, 0.15) is 47.8 Å². The Labute approximate surface area is 153 Å². The van der Waals surface area contributed by atoms with Crippen LogP contribution in [0.3, 0.4) is 0 Å². The van der Waals surface area contributed by atoms with Gasteiger partial charge in [-0.2, -0.15) is 5.26 Å². The maximum Gasteiger partial charge on any atom is 0.326 e. The van der Waals surface area contributed by atoms with E-state index >= 15 is 0 Å². The number of aliphatic carboxylic acids is 1. The van der Waals surface area contributed by atoms with E-state index in [0.717, 1.165) is 11.1 Å². The Kier molecular flexibility index (Phi) is 5.78. The van der Waals surface area contributed by atoms with Gasteiger partial charge in [0.15, 0.2) is 0 Å². The molecule has 0 unspecified atom stereocenters. The third-order valence-corrected chi connectivity index (χ3v) is 4.14. The molecule has 26 heavy (non-hydrogen) atoms. The highest BCUT2D eigenvalue weighted by Gasteiger charge is 2.21. The molecule has 2 aromatic carbocycles. The summed E-state index contributed by atoms with van der Waals surface area (Å²) < 4.78 is 0. The molecule has 1 amide bonds. The van der Waals surface area contributed by atoms with Crippen LogP contribution < -0.4 is 5.32 Å². The topological polar surface area (TPSA) is 90.2 Å². The van der Waals surface area contributed by atoms with Gasteiger partial charge in [0.2, 0.25) is 0 Å².